The Kier molecular flexibility index (Phi) is 4.80. The van der Waals surface area contributed by atoms with Crippen molar-refractivity contribution < 1.29 is 8.42 Å². The molecule has 0 aliphatic carbocycles. The summed E-state index contributed by atoms with van der Waals surface area (Å²) >= 11 is 12.2. The van der Waals surface area contributed by atoms with E-state index >= 15 is 0 Å². The Morgan fingerprint density at radius 3 is 2.26 bits per heavy atom. The number of hydrogen-bond donors (Lipinski definition) is 1. The molecule has 142 valence electrons. The summed E-state index contributed by atoms with van der Waals surface area (Å²) in [5.41, 5.74) is 1.44. The van der Waals surface area contributed by atoms with Gasteiger partial charge in [0, 0.05) is 19.1 Å². The van der Waals surface area contributed by atoms with Gasteiger partial charge in [-0.05, 0) is 37.1 Å². The predicted octanol–water partition coefficient (Wildman–Crippen LogP) is 3.66. The van der Waals surface area contributed by atoms with Crippen molar-refractivity contribution in [3.05, 3.63) is 63.0 Å². The van der Waals surface area contributed by atoms with Crippen molar-refractivity contribution in [3.8, 4) is 0 Å². The summed E-state index contributed by atoms with van der Waals surface area (Å²) in [5.74, 6) is 0. The number of nitrogens with zero attached hydrogens (tertiary/aromatic N) is 2. The first-order valence-corrected chi connectivity index (χ1v) is 10.7. The molecule has 1 fully saturated rings. The van der Waals surface area contributed by atoms with Crippen molar-refractivity contribution in [3.63, 3.8) is 0 Å². The topological polar surface area (TPSA) is 75.2 Å². The highest BCUT2D eigenvalue weighted by Crippen LogP contribution is 2.34. The molecule has 2 aromatic carbocycles. The molecule has 0 spiro atoms. The Morgan fingerprint density at radius 2 is 1.59 bits per heavy atom. The van der Waals surface area contributed by atoms with Crippen molar-refractivity contribution >= 4 is 44.3 Å². The summed E-state index contributed by atoms with van der Waals surface area (Å²) in [5, 5.41) is 0.218. The molecular weight excluding hydrogens is 409 g/mol. The van der Waals surface area contributed by atoms with Gasteiger partial charge in [0.1, 0.15) is 4.90 Å². The van der Waals surface area contributed by atoms with Crippen molar-refractivity contribution in [2.45, 2.75) is 23.8 Å². The van der Waals surface area contributed by atoms with Gasteiger partial charge in [-0.3, -0.25) is 4.57 Å². The third-order valence-corrected chi connectivity index (χ3v) is 7.78. The summed E-state index contributed by atoms with van der Waals surface area (Å²) in [6, 6.07) is 12.1. The van der Waals surface area contributed by atoms with Crippen molar-refractivity contribution in [2.24, 2.45) is 0 Å². The van der Waals surface area contributed by atoms with Crippen LogP contribution in [0.4, 0.5) is 0 Å². The molecule has 0 unspecified atom stereocenters. The Bertz CT molecular complexity index is 1140. The second-order valence-electron chi connectivity index (χ2n) is 6.50. The van der Waals surface area contributed by atoms with Gasteiger partial charge in [0.15, 0.2) is 0 Å². The molecule has 0 amide bonds. The molecule has 27 heavy (non-hydrogen) atoms. The fourth-order valence-corrected chi connectivity index (χ4v) is 6.20. The highest BCUT2D eigenvalue weighted by Gasteiger charge is 2.33. The number of H-pyrrole nitrogens is 1. The third kappa shape index (κ3) is 3.18. The molecule has 4 rings (SSSR count). The number of para-hydroxylation sites is 2. The molecule has 2 heterocycles. The zero-order valence-corrected chi connectivity index (χ0v) is 16.6. The average molecular weight is 426 g/mol. The third-order valence-electron chi connectivity index (χ3n) is 4.93. The lowest BCUT2D eigenvalue weighted by molar-refractivity contribution is 0.274. The van der Waals surface area contributed by atoms with Gasteiger partial charge in [-0.15, -0.1) is 0 Å². The van der Waals surface area contributed by atoms with Gasteiger partial charge < -0.3 is 4.98 Å². The predicted molar refractivity (Wildman–Crippen MR) is 106 cm³/mol. The molecule has 0 radical (unpaired) electrons. The van der Waals surface area contributed by atoms with Crippen LogP contribution in [0, 0.1) is 0 Å². The molecule has 1 aliphatic heterocycles. The lowest BCUT2D eigenvalue weighted by Gasteiger charge is -2.32. The van der Waals surface area contributed by atoms with E-state index in [-0.39, 0.29) is 26.7 Å². The Balaban J connectivity index is 1.60. The van der Waals surface area contributed by atoms with Crippen LogP contribution >= 0.6 is 23.2 Å². The number of aromatic nitrogens is 2. The van der Waals surface area contributed by atoms with E-state index in [1.165, 1.54) is 16.4 Å². The maximum absolute atomic E-state index is 13.0. The fraction of sp³-hybridized carbons (Fsp3) is 0.278. The lowest BCUT2D eigenvalue weighted by Crippen LogP contribution is -2.40. The van der Waals surface area contributed by atoms with Gasteiger partial charge in [0.2, 0.25) is 10.0 Å². The molecule has 1 saturated heterocycles. The molecule has 1 aliphatic rings. The summed E-state index contributed by atoms with van der Waals surface area (Å²) in [7, 11) is -3.79. The van der Waals surface area contributed by atoms with Gasteiger partial charge in [-0.1, -0.05) is 41.4 Å². The Labute approximate surface area is 166 Å². The number of rotatable bonds is 3. The summed E-state index contributed by atoms with van der Waals surface area (Å²) in [4.78, 5) is 15.2. The normalized spacial score (nSPS) is 16.8. The standard InChI is InChI=1S/C18H17Cl2N3O3S/c19-13-4-3-5-14(20)17(13)27(25,26)22-10-8-12(9-11-22)23-16-7-2-1-6-15(16)21-18(23)24/h1-7,12H,8-11H2,(H,21,24). The minimum Gasteiger partial charge on any atom is -0.306 e. The number of nitrogens with one attached hydrogen (secondary N) is 1. The fourth-order valence-electron chi connectivity index (χ4n) is 3.64. The van der Waals surface area contributed by atoms with Crippen molar-refractivity contribution in [1.29, 1.82) is 0 Å². The van der Waals surface area contributed by atoms with E-state index in [9.17, 15) is 13.2 Å². The van der Waals surface area contributed by atoms with E-state index < -0.39 is 10.0 Å². The van der Waals surface area contributed by atoms with Gasteiger partial charge >= 0.3 is 5.69 Å². The lowest BCUT2D eigenvalue weighted by atomic mass is 10.1. The maximum Gasteiger partial charge on any atom is 0.326 e. The molecule has 0 atom stereocenters. The first-order valence-electron chi connectivity index (χ1n) is 8.53. The zero-order valence-electron chi connectivity index (χ0n) is 14.2. The number of sulfonamides is 1. The number of aromatic amines is 1. The first kappa shape index (κ1) is 18.6. The highest BCUT2D eigenvalue weighted by molar-refractivity contribution is 7.89. The minimum absolute atomic E-state index is 0.0592. The highest BCUT2D eigenvalue weighted by atomic mass is 35.5. The summed E-state index contributed by atoms with van der Waals surface area (Å²) in [6.07, 6.45) is 1.06. The average Bonchev–Trinajstić information content (AvgIpc) is 2.97. The van der Waals surface area contributed by atoms with Crippen molar-refractivity contribution in [1.82, 2.24) is 13.9 Å². The van der Waals surface area contributed by atoms with E-state index in [4.69, 9.17) is 23.2 Å². The number of benzene rings is 2. The van der Waals surface area contributed by atoms with Crippen LogP contribution in [0.5, 0.6) is 0 Å². The van der Waals surface area contributed by atoms with Crippen LogP contribution < -0.4 is 5.69 Å². The number of fused-ring (bicyclic) bond motifs is 1. The molecule has 1 aromatic heterocycles. The van der Waals surface area contributed by atoms with Crippen molar-refractivity contribution in [2.75, 3.05) is 13.1 Å². The SMILES string of the molecule is O=c1[nH]c2ccccc2n1C1CCN(S(=O)(=O)c2c(Cl)cccc2Cl)CC1. The van der Waals surface area contributed by atoms with Crippen LogP contribution in [0.1, 0.15) is 18.9 Å². The van der Waals surface area contributed by atoms with E-state index in [0.717, 1.165) is 11.0 Å². The van der Waals surface area contributed by atoms with E-state index in [1.54, 1.807) is 10.6 Å². The smallest absolute Gasteiger partial charge is 0.306 e. The van der Waals surface area contributed by atoms with Gasteiger partial charge in [-0.25, -0.2) is 13.2 Å². The number of imidazole rings is 1. The monoisotopic (exact) mass is 425 g/mol. The quantitative estimate of drug-likeness (QED) is 0.695. The van der Waals surface area contributed by atoms with Crippen LogP contribution in [-0.4, -0.2) is 35.4 Å². The maximum atomic E-state index is 13.0. The van der Waals surface area contributed by atoms with Gasteiger partial charge in [0.05, 0.1) is 21.1 Å². The van der Waals surface area contributed by atoms with Gasteiger partial charge in [0.25, 0.3) is 0 Å². The largest absolute Gasteiger partial charge is 0.326 e. The first-order chi connectivity index (χ1) is 12.9. The van der Waals surface area contributed by atoms with Crippen LogP contribution in [0.3, 0.4) is 0 Å². The molecule has 3 aromatic rings. The number of piperidine rings is 1. The van der Waals surface area contributed by atoms with E-state index in [2.05, 4.69) is 4.98 Å². The molecule has 0 bridgehead atoms. The minimum atomic E-state index is -3.79. The number of halogens is 2. The molecule has 6 nitrogen and oxygen atoms in total. The second kappa shape index (κ2) is 6.98. The van der Waals surface area contributed by atoms with E-state index in [0.29, 0.717) is 25.9 Å². The molecular formula is C18H17Cl2N3O3S. The van der Waals surface area contributed by atoms with Crippen LogP contribution in [0.25, 0.3) is 11.0 Å². The molecule has 1 N–H and O–H groups in total. The molecule has 9 heteroatoms. The van der Waals surface area contributed by atoms with Crippen LogP contribution in [0.15, 0.2) is 52.2 Å². The Hall–Kier alpha value is -1.80. The number of hydrogen-bond acceptors (Lipinski definition) is 3. The second-order valence-corrected chi connectivity index (χ2v) is 9.19. The van der Waals surface area contributed by atoms with Crippen LogP contribution in [0.2, 0.25) is 10.0 Å². The summed E-state index contributed by atoms with van der Waals surface area (Å²) < 4.78 is 29.1. The summed E-state index contributed by atoms with van der Waals surface area (Å²) in [6.45, 7) is 0.584. The van der Waals surface area contributed by atoms with E-state index in [1.807, 2.05) is 24.3 Å². The van der Waals surface area contributed by atoms with Gasteiger partial charge in [-0.2, -0.15) is 4.31 Å². The molecule has 0 saturated carbocycles. The zero-order chi connectivity index (χ0) is 19.2. The Morgan fingerprint density at radius 1 is 0.963 bits per heavy atom. The van der Waals surface area contributed by atoms with Crippen LogP contribution in [-0.2, 0) is 10.0 Å².